The van der Waals surface area contributed by atoms with Gasteiger partial charge in [-0.3, -0.25) is 0 Å². The Balaban J connectivity index is 1.60. The van der Waals surface area contributed by atoms with E-state index in [1.165, 1.54) is 10.8 Å². The van der Waals surface area contributed by atoms with Gasteiger partial charge in [-0.05, 0) is 35.8 Å². The van der Waals surface area contributed by atoms with Crippen LogP contribution in [0.1, 0.15) is 32.3 Å². The average Bonchev–Trinajstić information content (AvgIpc) is 2.65. The lowest BCUT2D eigenvalue weighted by Crippen LogP contribution is -2.51. The normalized spacial score (nSPS) is 17.8. The van der Waals surface area contributed by atoms with Crippen LogP contribution < -0.4 is 5.19 Å². The van der Waals surface area contributed by atoms with Crippen molar-refractivity contribution in [2.75, 3.05) is 0 Å². The van der Waals surface area contributed by atoms with Crippen LogP contribution in [-0.4, -0.2) is 14.0 Å². The minimum absolute atomic E-state index is 0.210. The fourth-order valence-electron chi connectivity index (χ4n) is 4.95. The van der Waals surface area contributed by atoms with E-state index in [0.29, 0.717) is 24.0 Å². The first kappa shape index (κ1) is 20.6. The Morgan fingerprint density at radius 2 is 1.61 bits per heavy atom. The molecule has 0 aromatic heterocycles. The number of benzene rings is 2. The number of hydrogen-bond acceptors (Lipinski definition) is 2. The second-order valence-corrected chi connectivity index (χ2v) is 13.6. The van der Waals surface area contributed by atoms with Crippen molar-refractivity contribution in [1.29, 1.82) is 0 Å². The maximum Gasteiger partial charge on any atom is 0.331 e. The molecule has 2 aromatic carbocycles. The Hall–Kier alpha value is -2.13. The van der Waals surface area contributed by atoms with E-state index in [9.17, 15) is 4.79 Å². The maximum absolute atomic E-state index is 12.2. The molecule has 0 radical (unpaired) electrons. The number of esters is 1. The molecule has 28 heavy (non-hydrogen) atoms. The van der Waals surface area contributed by atoms with Crippen LogP contribution in [0.15, 0.2) is 72.3 Å². The standard InChI is InChI=1S/C25H32O2Si/c1-19(2)25(28(3,4)23-13-9-6-10-14-23)22-15-21(16-22)17-24(26)27-18-20-11-7-5-8-12-20/h5-14,17,19,22,25H,15-16,18H2,1-4H3/t22?,25-/m0/s1. The lowest BCUT2D eigenvalue weighted by molar-refractivity contribution is -0.139. The summed E-state index contributed by atoms with van der Waals surface area (Å²) in [5, 5.41) is 1.54. The molecule has 1 saturated carbocycles. The number of ether oxygens (including phenoxy) is 1. The van der Waals surface area contributed by atoms with E-state index in [1.54, 1.807) is 6.08 Å². The van der Waals surface area contributed by atoms with E-state index in [1.807, 2.05) is 30.3 Å². The third-order valence-electron chi connectivity index (χ3n) is 6.17. The van der Waals surface area contributed by atoms with Crippen molar-refractivity contribution in [3.8, 4) is 0 Å². The number of carbonyl (C=O) groups is 1. The van der Waals surface area contributed by atoms with Gasteiger partial charge in [0.25, 0.3) is 0 Å². The lowest BCUT2D eigenvalue weighted by atomic mass is 9.75. The number of carbonyl (C=O) groups excluding carboxylic acids is 1. The van der Waals surface area contributed by atoms with E-state index in [0.717, 1.165) is 18.4 Å². The highest BCUT2D eigenvalue weighted by Crippen LogP contribution is 2.49. The van der Waals surface area contributed by atoms with Gasteiger partial charge >= 0.3 is 5.97 Å². The zero-order valence-electron chi connectivity index (χ0n) is 17.5. The van der Waals surface area contributed by atoms with Gasteiger partial charge < -0.3 is 4.74 Å². The highest BCUT2D eigenvalue weighted by atomic mass is 28.3. The molecule has 1 aliphatic carbocycles. The SMILES string of the molecule is CC(C)[C@@H](C1CC(=CC(=O)OCc2ccccc2)C1)[Si](C)(C)c1ccccc1. The van der Waals surface area contributed by atoms with Gasteiger partial charge in [0.15, 0.2) is 0 Å². The van der Waals surface area contributed by atoms with Crippen LogP contribution >= 0.6 is 0 Å². The van der Waals surface area contributed by atoms with Crippen molar-refractivity contribution >= 4 is 19.2 Å². The van der Waals surface area contributed by atoms with E-state index < -0.39 is 8.07 Å². The van der Waals surface area contributed by atoms with Crippen LogP contribution in [0.3, 0.4) is 0 Å². The van der Waals surface area contributed by atoms with Crippen molar-refractivity contribution in [1.82, 2.24) is 0 Å². The zero-order chi connectivity index (χ0) is 20.1. The van der Waals surface area contributed by atoms with Crippen LogP contribution in [0, 0.1) is 11.8 Å². The molecule has 1 atom stereocenters. The van der Waals surface area contributed by atoms with Gasteiger partial charge in [-0.1, -0.05) is 98.4 Å². The first-order valence-electron chi connectivity index (χ1n) is 10.3. The number of rotatable bonds is 7. The predicted molar refractivity (Wildman–Crippen MR) is 119 cm³/mol. The molecule has 3 heteroatoms. The molecule has 2 aromatic rings. The van der Waals surface area contributed by atoms with Crippen LogP contribution in [0.4, 0.5) is 0 Å². The summed E-state index contributed by atoms with van der Waals surface area (Å²) >= 11 is 0. The van der Waals surface area contributed by atoms with Gasteiger partial charge in [-0.2, -0.15) is 0 Å². The number of hydrogen-bond donors (Lipinski definition) is 0. The molecule has 0 unspecified atom stereocenters. The Morgan fingerprint density at radius 3 is 2.18 bits per heavy atom. The van der Waals surface area contributed by atoms with Crippen molar-refractivity contribution in [3.63, 3.8) is 0 Å². The first-order valence-corrected chi connectivity index (χ1v) is 13.4. The molecule has 2 nitrogen and oxygen atoms in total. The fraction of sp³-hybridized carbons (Fsp3) is 0.400. The van der Waals surface area contributed by atoms with Gasteiger partial charge in [-0.25, -0.2) is 4.79 Å². The highest BCUT2D eigenvalue weighted by molar-refractivity contribution is 6.91. The molecular weight excluding hydrogens is 360 g/mol. The van der Waals surface area contributed by atoms with Crippen molar-refractivity contribution in [2.45, 2.75) is 51.9 Å². The van der Waals surface area contributed by atoms with Gasteiger partial charge in [0.1, 0.15) is 6.61 Å². The highest BCUT2D eigenvalue weighted by Gasteiger charge is 2.43. The van der Waals surface area contributed by atoms with Crippen LogP contribution in [0.5, 0.6) is 0 Å². The molecule has 1 fully saturated rings. The molecule has 0 heterocycles. The molecule has 0 N–H and O–H groups in total. The molecule has 148 valence electrons. The quantitative estimate of drug-likeness (QED) is 0.343. The molecule has 0 amide bonds. The largest absolute Gasteiger partial charge is 0.458 e. The monoisotopic (exact) mass is 392 g/mol. The van der Waals surface area contributed by atoms with Gasteiger partial charge in [0.05, 0.1) is 8.07 Å². The average molecular weight is 393 g/mol. The summed E-state index contributed by atoms with van der Waals surface area (Å²) in [4.78, 5) is 12.2. The molecular formula is C25H32O2Si. The Labute approximate surface area is 170 Å². The fourth-order valence-corrected chi connectivity index (χ4v) is 9.47. The summed E-state index contributed by atoms with van der Waals surface area (Å²) in [5.74, 6) is 1.12. The van der Waals surface area contributed by atoms with E-state index in [-0.39, 0.29) is 5.97 Å². The van der Waals surface area contributed by atoms with E-state index in [4.69, 9.17) is 4.74 Å². The Morgan fingerprint density at radius 1 is 1.04 bits per heavy atom. The van der Waals surface area contributed by atoms with Gasteiger partial charge in [0, 0.05) is 6.08 Å². The summed E-state index contributed by atoms with van der Waals surface area (Å²) in [6.07, 6.45) is 3.80. The number of allylic oxidation sites excluding steroid dienone is 1. The van der Waals surface area contributed by atoms with Crippen LogP contribution in [-0.2, 0) is 16.1 Å². The lowest BCUT2D eigenvalue weighted by Gasteiger charge is -2.46. The summed E-state index contributed by atoms with van der Waals surface area (Å²) < 4.78 is 5.41. The minimum Gasteiger partial charge on any atom is -0.458 e. The van der Waals surface area contributed by atoms with E-state index >= 15 is 0 Å². The van der Waals surface area contributed by atoms with Gasteiger partial charge in [-0.15, -0.1) is 0 Å². The van der Waals surface area contributed by atoms with Crippen molar-refractivity contribution < 1.29 is 9.53 Å². The van der Waals surface area contributed by atoms with Crippen LogP contribution in [0.25, 0.3) is 0 Å². The predicted octanol–water partition coefficient (Wildman–Crippen LogP) is 5.71. The maximum atomic E-state index is 12.2. The first-order chi connectivity index (χ1) is 13.4. The summed E-state index contributed by atoms with van der Waals surface area (Å²) in [6, 6.07) is 20.9. The Kier molecular flexibility index (Phi) is 6.56. The molecule has 0 bridgehead atoms. The second-order valence-electron chi connectivity index (χ2n) is 8.92. The zero-order valence-corrected chi connectivity index (χ0v) is 18.5. The topological polar surface area (TPSA) is 26.3 Å². The minimum atomic E-state index is -1.58. The molecule has 0 spiro atoms. The third kappa shape index (κ3) is 4.82. The molecule has 0 aliphatic heterocycles. The van der Waals surface area contributed by atoms with Crippen molar-refractivity contribution in [2.24, 2.45) is 11.8 Å². The molecule has 0 saturated heterocycles. The summed E-state index contributed by atoms with van der Waals surface area (Å²) in [7, 11) is -1.58. The molecule has 1 aliphatic rings. The second kappa shape index (κ2) is 8.91. The summed E-state index contributed by atoms with van der Waals surface area (Å²) in [6.45, 7) is 10.1. The Bertz CT molecular complexity index is 801. The third-order valence-corrected chi connectivity index (χ3v) is 10.8. The summed E-state index contributed by atoms with van der Waals surface area (Å²) in [5.41, 5.74) is 2.98. The smallest absolute Gasteiger partial charge is 0.331 e. The van der Waals surface area contributed by atoms with E-state index in [2.05, 4.69) is 57.3 Å². The molecule has 3 rings (SSSR count). The van der Waals surface area contributed by atoms with Gasteiger partial charge in [0.2, 0.25) is 0 Å². The van der Waals surface area contributed by atoms with Crippen molar-refractivity contribution in [3.05, 3.63) is 77.9 Å². The van der Waals surface area contributed by atoms with Crippen LogP contribution in [0.2, 0.25) is 18.6 Å².